The van der Waals surface area contributed by atoms with Crippen LogP contribution in [0.2, 0.25) is 0 Å². The largest absolute Gasteiger partial charge is 0.378 e. The number of rotatable bonds is 6. The molecule has 27 heavy (non-hydrogen) atoms. The summed E-state index contributed by atoms with van der Waals surface area (Å²) >= 11 is 0. The summed E-state index contributed by atoms with van der Waals surface area (Å²) in [5.74, 6) is 0.900. The quantitative estimate of drug-likeness (QED) is 0.732. The highest BCUT2D eigenvalue weighted by Gasteiger charge is 2.21. The van der Waals surface area contributed by atoms with Gasteiger partial charge in [-0.2, -0.15) is 0 Å². The van der Waals surface area contributed by atoms with E-state index in [0.29, 0.717) is 51.2 Å². The van der Waals surface area contributed by atoms with Gasteiger partial charge in [0.2, 0.25) is 15.9 Å². The van der Waals surface area contributed by atoms with Crippen LogP contribution in [-0.2, 0) is 32.5 Å². The molecular weight excluding hydrogens is 368 g/mol. The summed E-state index contributed by atoms with van der Waals surface area (Å²) in [6.45, 7) is 5.16. The smallest absolute Gasteiger partial charge is 0.242 e. The Morgan fingerprint density at radius 1 is 1.26 bits per heavy atom. The lowest BCUT2D eigenvalue weighted by atomic mass is 10.2. The monoisotopic (exact) mass is 394 g/mol. The molecule has 1 saturated heterocycles. The van der Waals surface area contributed by atoms with E-state index in [2.05, 4.69) is 4.98 Å². The molecule has 148 valence electrons. The number of imidazole rings is 1. The summed E-state index contributed by atoms with van der Waals surface area (Å²) in [7, 11) is -0.494. The molecule has 1 fully saturated rings. The number of carbonyl (C=O) groups is 1. The molecule has 0 radical (unpaired) electrons. The van der Waals surface area contributed by atoms with Crippen LogP contribution in [0.15, 0.2) is 23.1 Å². The van der Waals surface area contributed by atoms with Crippen LogP contribution in [0.5, 0.6) is 0 Å². The van der Waals surface area contributed by atoms with Gasteiger partial charge in [-0.25, -0.2) is 17.7 Å². The lowest BCUT2D eigenvalue weighted by Gasteiger charge is -2.26. The summed E-state index contributed by atoms with van der Waals surface area (Å²) in [6.07, 6.45) is 0.903. The summed E-state index contributed by atoms with van der Waals surface area (Å²) in [5.41, 5.74) is 1.51. The number of amides is 1. The zero-order valence-electron chi connectivity index (χ0n) is 16.0. The fourth-order valence-corrected chi connectivity index (χ4v) is 4.19. The van der Waals surface area contributed by atoms with Crippen LogP contribution in [-0.4, -0.2) is 73.5 Å². The first kappa shape index (κ1) is 19.8. The second-order valence-corrected chi connectivity index (χ2v) is 8.86. The van der Waals surface area contributed by atoms with Gasteiger partial charge in [0.25, 0.3) is 0 Å². The van der Waals surface area contributed by atoms with E-state index in [0.717, 1.165) is 11.3 Å². The van der Waals surface area contributed by atoms with Crippen molar-refractivity contribution in [1.82, 2.24) is 18.8 Å². The van der Waals surface area contributed by atoms with E-state index in [4.69, 9.17) is 4.74 Å². The standard InChI is InChI=1S/C18H26N4O4S/c1-4-22-16-6-5-14(27(24,25)20(2)3)13-15(16)19-17(22)7-8-18(23)21-9-11-26-12-10-21/h5-6,13H,4,7-12H2,1-3H3. The van der Waals surface area contributed by atoms with Gasteiger partial charge in [-0.15, -0.1) is 0 Å². The summed E-state index contributed by atoms with van der Waals surface area (Å²) < 4.78 is 33.2. The lowest BCUT2D eigenvalue weighted by Crippen LogP contribution is -2.40. The third kappa shape index (κ3) is 3.99. The molecule has 0 atom stereocenters. The maximum atomic E-state index is 12.4. The normalized spacial score (nSPS) is 15.6. The molecule has 1 aliphatic rings. The first-order valence-corrected chi connectivity index (χ1v) is 10.6. The number of benzene rings is 1. The predicted molar refractivity (Wildman–Crippen MR) is 102 cm³/mol. The second-order valence-electron chi connectivity index (χ2n) is 6.70. The topological polar surface area (TPSA) is 84.7 Å². The SMILES string of the molecule is CCn1c(CCC(=O)N2CCOCC2)nc2cc(S(=O)(=O)N(C)C)ccc21. The van der Waals surface area contributed by atoms with Crippen LogP contribution in [0.25, 0.3) is 11.0 Å². The van der Waals surface area contributed by atoms with Crippen LogP contribution in [0.4, 0.5) is 0 Å². The van der Waals surface area contributed by atoms with Crippen molar-refractivity contribution in [3.63, 3.8) is 0 Å². The maximum absolute atomic E-state index is 12.4. The minimum absolute atomic E-state index is 0.101. The van der Waals surface area contributed by atoms with Crippen LogP contribution < -0.4 is 0 Å². The number of fused-ring (bicyclic) bond motifs is 1. The molecular formula is C18H26N4O4S. The maximum Gasteiger partial charge on any atom is 0.242 e. The molecule has 1 aromatic carbocycles. The minimum Gasteiger partial charge on any atom is -0.378 e. The number of ether oxygens (including phenoxy) is 1. The summed E-state index contributed by atoms with van der Waals surface area (Å²) in [5, 5.41) is 0. The molecule has 8 nitrogen and oxygen atoms in total. The number of sulfonamides is 1. The molecule has 0 aliphatic carbocycles. The Bertz CT molecular complexity index is 930. The van der Waals surface area contributed by atoms with Gasteiger partial charge in [0.15, 0.2) is 0 Å². The Balaban J connectivity index is 1.84. The van der Waals surface area contributed by atoms with Gasteiger partial charge >= 0.3 is 0 Å². The third-order valence-electron chi connectivity index (χ3n) is 4.82. The number of carbonyl (C=O) groups excluding carboxylic acids is 1. The van der Waals surface area contributed by atoms with Gasteiger partial charge in [0.1, 0.15) is 5.82 Å². The van der Waals surface area contributed by atoms with E-state index >= 15 is 0 Å². The van der Waals surface area contributed by atoms with Crippen LogP contribution in [0, 0.1) is 0 Å². The molecule has 0 unspecified atom stereocenters. The summed E-state index contributed by atoms with van der Waals surface area (Å²) in [4.78, 5) is 19.1. The van der Waals surface area contributed by atoms with Gasteiger partial charge in [-0.05, 0) is 25.1 Å². The van der Waals surface area contributed by atoms with Crippen molar-refractivity contribution in [2.24, 2.45) is 0 Å². The fourth-order valence-electron chi connectivity index (χ4n) is 3.26. The molecule has 3 rings (SSSR count). The average molecular weight is 394 g/mol. The van der Waals surface area contributed by atoms with Crippen molar-refractivity contribution in [3.8, 4) is 0 Å². The van der Waals surface area contributed by atoms with Gasteiger partial charge in [-0.1, -0.05) is 0 Å². The van der Waals surface area contributed by atoms with E-state index in [1.165, 1.54) is 18.4 Å². The Kier molecular flexibility index (Phi) is 5.83. The molecule has 0 saturated carbocycles. The molecule has 0 N–H and O–H groups in total. The van der Waals surface area contributed by atoms with Crippen molar-refractivity contribution in [2.75, 3.05) is 40.4 Å². The van der Waals surface area contributed by atoms with E-state index in [1.807, 2.05) is 16.4 Å². The molecule has 2 aromatic rings. The van der Waals surface area contributed by atoms with E-state index in [9.17, 15) is 13.2 Å². The predicted octanol–water partition coefficient (Wildman–Crippen LogP) is 1.10. The van der Waals surface area contributed by atoms with Gasteiger partial charge in [0.05, 0.1) is 29.1 Å². The molecule has 1 amide bonds. The highest BCUT2D eigenvalue weighted by atomic mass is 32.2. The zero-order chi connectivity index (χ0) is 19.6. The van der Waals surface area contributed by atoms with Crippen molar-refractivity contribution in [3.05, 3.63) is 24.0 Å². The fraction of sp³-hybridized carbons (Fsp3) is 0.556. The third-order valence-corrected chi connectivity index (χ3v) is 6.63. The number of hydrogen-bond acceptors (Lipinski definition) is 5. The molecule has 1 aromatic heterocycles. The first-order valence-electron chi connectivity index (χ1n) is 9.11. The number of aryl methyl sites for hydroxylation is 2. The van der Waals surface area contributed by atoms with E-state index in [-0.39, 0.29) is 10.8 Å². The van der Waals surface area contributed by atoms with E-state index in [1.54, 1.807) is 18.2 Å². The first-order chi connectivity index (χ1) is 12.8. The van der Waals surface area contributed by atoms with Gasteiger partial charge in [0, 0.05) is 46.6 Å². The van der Waals surface area contributed by atoms with Crippen LogP contribution in [0.1, 0.15) is 19.2 Å². The Morgan fingerprint density at radius 2 is 1.96 bits per heavy atom. The molecule has 0 spiro atoms. The van der Waals surface area contributed by atoms with E-state index < -0.39 is 10.0 Å². The minimum atomic E-state index is -3.51. The molecule has 9 heteroatoms. The van der Waals surface area contributed by atoms with Crippen molar-refractivity contribution in [2.45, 2.75) is 31.2 Å². The van der Waals surface area contributed by atoms with Gasteiger partial charge < -0.3 is 14.2 Å². The van der Waals surface area contributed by atoms with Crippen molar-refractivity contribution >= 4 is 27.0 Å². The number of nitrogens with zero attached hydrogens (tertiary/aromatic N) is 4. The summed E-state index contributed by atoms with van der Waals surface area (Å²) in [6, 6.07) is 4.99. The second kappa shape index (κ2) is 7.95. The average Bonchev–Trinajstić information content (AvgIpc) is 3.03. The zero-order valence-corrected chi connectivity index (χ0v) is 16.8. The Labute approximate surface area is 159 Å². The Hall–Kier alpha value is -1.97. The van der Waals surface area contributed by atoms with Crippen molar-refractivity contribution in [1.29, 1.82) is 0 Å². The molecule has 0 bridgehead atoms. The molecule has 2 heterocycles. The highest BCUT2D eigenvalue weighted by molar-refractivity contribution is 7.89. The number of morpholine rings is 1. The Morgan fingerprint density at radius 3 is 2.59 bits per heavy atom. The van der Waals surface area contributed by atoms with Crippen molar-refractivity contribution < 1.29 is 17.9 Å². The van der Waals surface area contributed by atoms with Crippen LogP contribution >= 0.6 is 0 Å². The number of hydrogen-bond donors (Lipinski definition) is 0. The molecule has 1 aliphatic heterocycles. The van der Waals surface area contributed by atoms with Gasteiger partial charge in [-0.3, -0.25) is 4.79 Å². The number of aromatic nitrogens is 2. The van der Waals surface area contributed by atoms with Crippen LogP contribution in [0.3, 0.4) is 0 Å². The highest BCUT2D eigenvalue weighted by Crippen LogP contribution is 2.23. The lowest BCUT2D eigenvalue weighted by molar-refractivity contribution is -0.135.